The summed E-state index contributed by atoms with van der Waals surface area (Å²) in [5.74, 6) is 0.585. The maximum Gasteiger partial charge on any atom is 0.308 e. The highest BCUT2D eigenvalue weighted by Gasteiger charge is 2.22. The molecule has 1 aliphatic carbocycles. The van der Waals surface area contributed by atoms with Crippen molar-refractivity contribution in [3.8, 4) is 16.5 Å². The topological polar surface area (TPSA) is 121 Å². The van der Waals surface area contributed by atoms with E-state index in [2.05, 4.69) is 9.71 Å². The summed E-state index contributed by atoms with van der Waals surface area (Å²) in [6.45, 7) is 11.2. The number of para-hydroxylation sites is 2. The molecule has 41 heavy (non-hydrogen) atoms. The third kappa shape index (κ3) is 9.94. The van der Waals surface area contributed by atoms with E-state index in [-0.39, 0.29) is 35.2 Å². The van der Waals surface area contributed by atoms with Gasteiger partial charge in [-0.1, -0.05) is 32.0 Å². The summed E-state index contributed by atoms with van der Waals surface area (Å²) in [6, 6.07) is 14.7. The maximum absolute atomic E-state index is 11.3. The van der Waals surface area contributed by atoms with E-state index in [1.165, 1.54) is 24.8 Å². The summed E-state index contributed by atoms with van der Waals surface area (Å²) < 4.78 is 40.7. The van der Waals surface area contributed by atoms with E-state index in [1.54, 1.807) is 25.2 Å². The minimum atomic E-state index is -3.43. The molecule has 1 aromatic carbocycles. The lowest BCUT2D eigenvalue weighted by atomic mass is 9.96. The smallest absolute Gasteiger partial charge is 0.308 e. The Hall–Kier alpha value is -3.28. The highest BCUT2D eigenvalue weighted by Crippen LogP contribution is 2.32. The minimum absolute atomic E-state index is 0.0283. The number of rotatable bonds is 8. The number of benzene rings is 1. The zero-order valence-corrected chi connectivity index (χ0v) is 26.0. The van der Waals surface area contributed by atoms with Crippen molar-refractivity contribution >= 4 is 38.4 Å². The Morgan fingerprint density at radius 1 is 0.976 bits per heavy atom. The van der Waals surface area contributed by atoms with E-state index in [9.17, 15) is 13.2 Å². The van der Waals surface area contributed by atoms with Gasteiger partial charge in [0, 0.05) is 6.04 Å². The molecule has 3 aromatic heterocycles. The third-order valence-electron chi connectivity index (χ3n) is 5.60. The third-order valence-corrected chi connectivity index (χ3v) is 8.02. The number of nitrogens with one attached hydrogen (secondary N) is 1. The number of nitrogens with zero attached hydrogens (tertiary/aromatic N) is 2. The van der Waals surface area contributed by atoms with Crippen LogP contribution in [0.15, 0.2) is 69.7 Å². The highest BCUT2D eigenvalue weighted by molar-refractivity contribution is 7.89. The summed E-state index contributed by atoms with van der Waals surface area (Å²) in [4.78, 5) is 21.3. The SMILES string of the molecule is CC(C)C(=O)OC1CCC1.CC(C)NS(=O)(=O)c1ccco1.CC(C)Oc1nc2ccccc2nc1-c1cccs1. The predicted octanol–water partition coefficient (Wildman–Crippen LogP) is 6.85. The molecular formula is C30H39N3O6S2. The van der Waals surface area contributed by atoms with Crippen LogP contribution in [-0.2, 0) is 19.6 Å². The summed E-state index contributed by atoms with van der Waals surface area (Å²) in [6.07, 6.45) is 5.01. The summed E-state index contributed by atoms with van der Waals surface area (Å²) in [5, 5.41) is 1.99. The Balaban J connectivity index is 0.000000182. The minimum Gasteiger partial charge on any atom is -0.473 e. The lowest BCUT2D eigenvalue weighted by Crippen LogP contribution is -2.29. The molecule has 0 spiro atoms. The Kier molecular flexibility index (Phi) is 11.9. The molecule has 0 unspecified atom stereocenters. The first-order valence-electron chi connectivity index (χ1n) is 13.7. The van der Waals surface area contributed by atoms with Gasteiger partial charge >= 0.3 is 5.97 Å². The summed E-state index contributed by atoms with van der Waals surface area (Å²) >= 11 is 1.64. The van der Waals surface area contributed by atoms with Crippen LogP contribution < -0.4 is 9.46 Å². The van der Waals surface area contributed by atoms with Crippen molar-refractivity contribution in [2.24, 2.45) is 5.92 Å². The quantitative estimate of drug-likeness (QED) is 0.218. The van der Waals surface area contributed by atoms with Crippen LogP contribution in [0.2, 0.25) is 0 Å². The van der Waals surface area contributed by atoms with E-state index in [4.69, 9.17) is 18.9 Å². The second-order valence-corrected chi connectivity index (χ2v) is 13.0. The Morgan fingerprint density at radius 3 is 2.15 bits per heavy atom. The van der Waals surface area contributed by atoms with E-state index < -0.39 is 10.0 Å². The molecule has 0 atom stereocenters. The number of hydrogen-bond acceptors (Lipinski definition) is 9. The molecule has 0 aliphatic heterocycles. The molecule has 1 saturated carbocycles. The van der Waals surface area contributed by atoms with Crippen LogP contribution in [0.5, 0.6) is 5.88 Å². The number of ether oxygens (including phenoxy) is 2. The number of furan rings is 1. The van der Waals surface area contributed by atoms with Gasteiger partial charge in [-0.25, -0.2) is 23.1 Å². The molecule has 4 aromatic rings. The van der Waals surface area contributed by atoms with Crippen molar-refractivity contribution in [2.75, 3.05) is 0 Å². The monoisotopic (exact) mass is 601 g/mol. The normalized spacial score (nSPS) is 13.3. The van der Waals surface area contributed by atoms with Gasteiger partial charge in [0.2, 0.25) is 11.0 Å². The van der Waals surface area contributed by atoms with Crippen LogP contribution >= 0.6 is 11.3 Å². The number of aromatic nitrogens is 2. The van der Waals surface area contributed by atoms with Crippen LogP contribution in [-0.4, -0.2) is 42.6 Å². The van der Waals surface area contributed by atoms with Crippen molar-refractivity contribution in [1.82, 2.24) is 14.7 Å². The number of thiophene rings is 1. The second-order valence-electron chi connectivity index (χ2n) is 10.4. The van der Waals surface area contributed by atoms with Crippen molar-refractivity contribution in [1.29, 1.82) is 0 Å². The average Bonchev–Trinajstić information content (AvgIpc) is 3.61. The average molecular weight is 602 g/mol. The molecule has 1 N–H and O–H groups in total. The number of hydrogen-bond donors (Lipinski definition) is 1. The lowest BCUT2D eigenvalue weighted by Gasteiger charge is -2.25. The molecule has 11 heteroatoms. The van der Waals surface area contributed by atoms with Gasteiger partial charge in [-0.05, 0) is 82.7 Å². The van der Waals surface area contributed by atoms with E-state index in [1.807, 2.05) is 69.5 Å². The van der Waals surface area contributed by atoms with Gasteiger partial charge in [-0.2, -0.15) is 0 Å². The van der Waals surface area contributed by atoms with E-state index in [0.29, 0.717) is 5.88 Å². The van der Waals surface area contributed by atoms with Gasteiger partial charge in [-0.3, -0.25) is 4.79 Å². The highest BCUT2D eigenvalue weighted by atomic mass is 32.2. The lowest BCUT2D eigenvalue weighted by molar-refractivity contribution is -0.156. The number of carbonyl (C=O) groups excluding carboxylic acids is 1. The molecule has 5 rings (SSSR count). The van der Waals surface area contributed by atoms with Crippen LogP contribution in [0.4, 0.5) is 0 Å². The van der Waals surface area contributed by atoms with Gasteiger partial charge < -0.3 is 13.9 Å². The Labute approximate surface area is 246 Å². The second kappa shape index (κ2) is 15.1. The molecule has 0 radical (unpaired) electrons. The van der Waals surface area contributed by atoms with E-state index in [0.717, 1.165) is 34.4 Å². The molecule has 0 bridgehead atoms. The molecule has 0 amide bonds. The molecular weight excluding hydrogens is 562 g/mol. The van der Waals surface area contributed by atoms with Gasteiger partial charge in [0.1, 0.15) is 11.8 Å². The number of esters is 1. The summed E-state index contributed by atoms with van der Waals surface area (Å²) in [7, 11) is -3.43. The predicted molar refractivity (Wildman–Crippen MR) is 161 cm³/mol. The first-order chi connectivity index (χ1) is 19.5. The van der Waals surface area contributed by atoms with Crippen molar-refractivity contribution in [3.05, 3.63) is 60.2 Å². The van der Waals surface area contributed by atoms with Gasteiger partial charge in [0.05, 0.1) is 34.2 Å². The Morgan fingerprint density at radius 2 is 1.66 bits per heavy atom. The first-order valence-corrected chi connectivity index (χ1v) is 16.1. The number of carbonyl (C=O) groups is 1. The summed E-state index contributed by atoms with van der Waals surface area (Å²) in [5.41, 5.74) is 2.57. The van der Waals surface area contributed by atoms with Crippen molar-refractivity contribution in [3.63, 3.8) is 0 Å². The molecule has 1 fully saturated rings. The molecule has 3 heterocycles. The fraction of sp³-hybridized carbons (Fsp3) is 0.433. The maximum atomic E-state index is 11.3. The van der Waals surface area contributed by atoms with Crippen LogP contribution in [0.25, 0.3) is 21.6 Å². The molecule has 9 nitrogen and oxygen atoms in total. The Bertz CT molecular complexity index is 1460. The fourth-order valence-corrected chi connectivity index (χ4v) is 5.32. The number of sulfonamides is 1. The zero-order valence-electron chi connectivity index (χ0n) is 24.4. The molecule has 222 valence electrons. The molecule has 0 saturated heterocycles. The zero-order chi connectivity index (χ0) is 30.0. The van der Waals surface area contributed by atoms with Crippen molar-refractivity contribution in [2.45, 2.75) is 84.1 Å². The van der Waals surface area contributed by atoms with E-state index >= 15 is 0 Å². The fourth-order valence-electron chi connectivity index (χ4n) is 3.44. The number of fused-ring (bicyclic) bond motifs is 1. The van der Waals surface area contributed by atoms with Crippen LogP contribution in [0, 0.1) is 5.92 Å². The van der Waals surface area contributed by atoms with Crippen LogP contribution in [0.3, 0.4) is 0 Å². The largest absolute Gasteiger partial charge is 0.473 e. The standard InChI is InChI=1S/C15H14N2OS.C8H14O2.C7H11NO3S/c1-10(2)18-15-14(13-8-5-9-19-13)16-11-6-3-4-7-12(11)17-15;1-6(2)8(9)10-7-4-3-5-7;1-6(2)8-12(9,10)7-4-3-5-11-7/h3-10H,1-2H3;6-7H,3-5H2,1-2H3;3-6,8H,1-2H3. The van der Waals surface area contributed by atoms with Gasteiger partial charge in [0.15, 0.2) is 0 Å². The molecule has 1 aliphatic rings. The van der Waals surface area contributed by atoms with Crippen LogP contribution in [0.1, 0.15) is 60.8 Å². The van der Waals surface area contributed by atoms with Crippen molar-refractivity contribution < 1.29 is 27.1 Å². The van der Waals surface area contributed by atoms with Gasteiger partial charge in [0.25, 0.3) is 10.0 Å². The first kappa shape index (κ1) is 32.2. The van der Waals surface area contributed by atoms with Gasteiger partial charge in [-0.15, -0.1) is 11.3 Å².